The Labute approximate surface area is 90.9 Å². The Morgan fingerprint density at radius 2 is 2.00 bits per heavy atom. The maximum Gasteiger partial charge on any atom is 0.233 e. The zero-order valence-corrected chi connectivity index (χ0v) is 9.90. The van der Waals surface area contributed by atoms with Crippen molar-refractivity contribution in [1.29, 1.82) is 0 Å². The highest BCUT2D eigenvalue weighted by molar-refractivity contribution is 6.02. The van der Waals surface area contributed by atoms with Crippen molar-refractivity contribution in [3.8, 4) is 0 Å². The summed E-state index contributed by atoms with van der Waals surface area (Å²) < 4.78 is 0. The van der Waals surface area contributed by atoms with E-state index in [9.17, 15) is 4.79 Å². The molecule has 0 fully saturated rings. The summed E-state index contributed by atoms with van der Waals surface area (Å²) in [4.78, 5) is 13.7. The molecule has 1 atom stereocenters. The van der Waals surface area contributed by atoms with Gasteiger partial charge in [0, 0.05) is 12.6 Å². The average Bonchev–Trinajstić information content (AvgIpc) is 2.19. The number of oxime groups is 1. The molecule has 0 bridgehead atoms. The number of nitrogens with zero attached hydrogens (tertiary/aromatic N) is 2. The van der Waals surface area contributed by atoms with Gasteiger partial charge in [-0.25, -0.2) is 0 Å². The highest BCUT2D eigenvalue weighted by Crippen LogP contribution is 2.10. The molecule has 0 aliphatic carbocycles. The molecule has 0 saturated carbocycles. The third kappa shape index (κ3) is 3.42. The van der Waals surface area contributed by atoms with Gasteiger partial charge in [-0.3, -0.25) is 4.79 Å². The highest BCUT2D eigenvalue weighted by Gasteiger charge is 2.26. The van der Waals surface area contributed by atoms with Crippen molar-refractivity contribution in [2.24, 2.45) is 16.8 Å². The fourth-order valence-corrected chi connectivity index (χ4v) is 1.56. The van der Waals surface area contributed by atoms with Crippen LogP contribution in [0.1, 0.15) is 34.1 Å². The SMILES string of the molecule is CCC(C(=O)N(CC)C(C)C)C(N)=NO. The normalized spacial score (nSPS) is 14.1. The molecule has 0 spiro atoms. The molecule has 0 aromatic rings. The lowest BCUT2D eigenvalue weighted by Crippen LogP contribution is -2.44. The zero-order chi connectivity index (χ0) is 12.0. The predicted molar refractivity (Wildman–Crippen MR) is 59.7 cm³/mol. The van der Waals surface area contributed by atoms with Crippen LogP contribution in [0.2, 0.25) is 0 Å². The molecule has 0 rings (SSSR count). The van der Waals surface area contributed by atoms with Crippen molar-refractivity contribution in [1.82, 2.24) is 4.90 Å². The van der Waals surface area contributed by atoms with E-state index in [2.05, 4.69) is 5.16 Å². The molecule has 15 heavy (non-hydrogen) atoms. The van der Waals surface area contributed by atoms with Gasteiger partial charge in [-0.2, -0.15) is 0 Å². The van der Waals surface area contributed by atoms with Crippen LogP contribution >= 0.6 is 0 Å². The van der Waals surface area contributed by atoms with Crippen LogP contribution in [-0.4, -0.2) is 34.4 Å². The maximum absolute atomic E-state index is 12.0. The summed E-state index contributed by atoms with van der Waals surface area (Å²) in [5.41, 5.74) is 5.47. The Morgan fingerprint density at radius 3 is 2.27 bits per heavy atom. The summed E-state index contributed by atoms with van der Waals surface area (Å²) in [6.07, 6.45) is 0.540. The maximum atomic E-state index is 12.0. The molecule has 0 saturated heterocycles. The lowest BCUT2D eigenvalue weighted by molar-refractivity contribution is -0.135. The van der Waals surface area contributed by atoms with Gasteiger partial charge in [-0.15, -0.1) is 0 Å². The van der Waals surface area contributed by atoms with E-state index in [1.165, 1.54) is 0 Å². The smallest absolute Gasteiger partial charge is 0.233 e. The van der Waals surface area contributed by atoms with Gasteiger partial charge in [-0.1, -0.05) is 12.1 Å². The van der Waals surface area contributed by atoms with Crippen molar-refractivity contribution in [3.63, 3.8) is 0 Å². The quantitative estimate of drug-likeness (QED) is 0.311. The van der Waals surface area contributed by atoms with E-state index in [0.717, 1.165) is 0 Å². The van der Waals surface area contributed by atoms with Crippen LogP contribution in [0.25, 0.3) is 0 Å². The Morgan fingerprint density at radius 1 is 1.47 bits per heavy atom. The number of hydrogen-bond donors (Lipinski definition) is 2. The van der Waals surface area contributed by atoms with Gasteiger partial charge >= 0.3 is 0 Å². The van der Waals surface area contributed by atoms with E-state index >= 15 is 0 Å². The number of nitrogens with two attached hydrogens (primary N) is 1. The fourth-order valence-electron chi connectivity index (χ4n) is 1.56. The molecule has 5 heteroatoms. The molecule has 1 unspecified atom stereocenters. The van der Waals surface area contributed by atoms with Crippen LogP contribution < -0.4 is 5.73 Å². The first-order valence-electron chi connectivity index (χ1n) is 5.27. The first-order valence-corrected chi connectivity index (χ1v) is 5.27. The number of carbonyl (C=O) groups excluding carboxylic acids is 1. The summed E-state index contributed by atoms with van der Waals surface area (Å²) in [6, 6.07) is 0.128. The van der Waals surface area contributed by atoms with E-state index in [4.69, 9.17) is 10.9 Å². The lowest BCUT2D eigenvalue weighted by atomic mass is 10.0. The molecular formula is C10H21N3O2. The second-order valence-electron chi connectivity index (χ2n) is 3.70. The summed E-state index contributed by atoms with van der Waals surface area (Å²) >= 11 is 0. The summed E-state index contributed by atoms with van der Waals surface area (Å²) in [7, 11) is 0. The van der Waals surface area contributed by atoms with Crippen molar-refractivity contribution in [2.75, 3.05) is 6.54 Å². The van der Waals surface area contributed by atoms with Crippen LogP contribution in [0.3, 0.4) is 0 Å². The molecule has 0 aliphatic heterocycles. The number of carbonyl (C=O) groups is 1. The molecule has 0 aromatic heterocycles. The monoisotopic (exact) mass is 215 g/mol. The number of hydrogen-bond acceptors (Lipinski definition) is 3. The first-order chi connectivity index (χ1) is 6.99. The van der Waals surface area contributed by atoms with Crippen LogP contribution in [0, 0.1) is 5.92 Å². The molecule has 88 valence electrons. The number of rotatable bonds is 5. The lowest BCUT2D eigenvalue weighted by Gasteiger charge is -2.28. The van der Waals surface area contributed by atoms with E-state index in [1.54, 1.807) is 4.90 Å². The molecule has 0 radical (unpaired) electrons. The number of amidine groups is 1. The molecule has 3 N–H and O–H groups in total. The van der Waals surface area contributed by atoms with Crippen LogP contribution in [-0.2, 0) is 4.79 Å². The molecule has 5 nitrogen and oxygen atoms in total. The average molecular weight is 215 g/mol. The Kier molecular flexibility index (Phi) is 5.74. The fraction of sp³-hybridized carbons (Fsp3) is 0.800. The largest absolute Gasteiger partial charge is 0.409 e. The molecule has 0 aromatic carbocycles. The Balaban J connectivity index is 4.78. The van der Waals surface area contributed by atoms with E-state index in [-0.39, 0.29) is 17.8 Å². The zero-order valence-electron chi connectivity index (χ0n) is 9.90. The van der Waals surface area contributed by atoms with Gasteiger partial charge in [0.25, 0.3) is 0 Å². The van der Waals surface area contributed by atoms with Crippen LogP contribution in [0.5, 0.6) is 0 Å². The Bertz CT molecular complexity index is 239. The third-order valence-corrected chi connectivity index (χ3v) is 2.43. The topological polar surface area (TPSA) is 78.9 Å². The van der Waals surface area contributed by atoms with Crippen molar-refractivity contribution in [2.45, 2.75) is 40.2 Å². The molecule has 1 amide bonds. The summed E-state index contributed by atoms with van der Waals surface area (Å²) in [5, 5.41) is 11.5. The molecular weight excluding hydrogens is 194 g/mol. The minimum atomic E-state index is -0.516. The van der Waals surface area contributed by atoms with E-state index in [1.807, 2.05) is 27.7 Å². The summed E-state index contributed by atoms with van der Waals surface area (Å²) in [5.74, 6) is -0.607. The molecule has 0 heterocycles. The Hall–Kier alpha value is -1.26. The van der Waals surface area contributed by atoms with Gasteiger partial charge in [0.05, 0.1) is 5.92 Å². The van der Waals surface area contributed by atoms with E-state index in [0.29, 0.717) is 13.0 Å². The minimum Gasteiger partial charge on any atom is -0.409 e. The predicted octanol–water partition coefficient (Wildman–Crippen LogP) is 1.02. The van der Waals surface area contributed by atoms with E-state index < -0.39 is 5.92 Å². The first kappa shape index (κ1) is 13.7. The van der Waals surface area contributed by atoms with Gasteiger partial charge in [0.2, 0.25) is 5.91 Å². The third-order valence-electron chi connectivity index (χ3n) is 2.43. The summed E-state index contributed by atoms with van der Waals surface area (Å²) in [6.45, 7) is 8.28. The van der Waals surface area contributed by atoms with Crippen LogP contribution in [0.4, 0.5) is 0 Å². The van der Waals surface area contributed by atoms with Gasteiger partial charge < -0.3 is 15.8 Å². The van der Waals surface area contributed by atoms with Crippen molar-refractivity contribution < 1.29 is 10.0 Å². The standard InChI is InChI=1S/C10H21N3O2/c1-5-8(9(11)12-15)10(14)13(6-2)7(3)4/h7-8,15H,5-6H2,1-4H3,(H2,11,12). The second-order valence-corrected chi connectivity index (χ2v) is 3.70. The van der Waals surface area contributed by atoms with Gasteiger partial charge in [0.15, 0.2) is 5.84 Å². The van der Waals surface area contributed by atoms with Gasteiger partial charge in [-0.05, 0) is 27.2 Å². The van der Waals surface area contributed by atoms with Crippen LogP contribution in [0.15, 0.2) is 5.16 Å². The number of amides is 1. The molecule has 0 aliphatic rings. The minimum absolute atomic E-state index is 0.0124. The highest BCUT2D eigenvalue weighted by atomic mass is 16.4. The van der Waals surface area contributed by atoms with Crippen molar-refractivity contribution >= 4 is 11.7 Å². The second kappa shape index (κ2) is 6.27. The van der Waals surface area contributed by atoms with Gasteiger partial charge in [0.1, 0.15) is 0 Å². The van der Waals surface area contributed by atoms with Crippen molar-refractivity contribution in [3.05, 3.63) is 0 Å².